The minimum atomic E-state index is -0.239. The van der Waals surface area contributed by atoms with Gasteiger partial charge in [-0.2, -0.15) is 5.10 Å². The maximum absolute atomic E-state index is 5.96. The molecular weight excluding hydrogens is 252 g/mol. The number of methoxy groups -OCH3 is 1. The molecule has 2 rings (SSSR count). The summed E-state index contributed by atoms with van der Waals surface area (Å²) in [6.45, 7) is 7.58. The summed E-state index contributed by atoms with van der Waals surface area (Å²) < 4.78 is 7.96. The highest BCUT2D eigenvalue weighted by Crippen LogP contribution is 2.47. The minimum Gasteiger partial charge on any atom is -0.376 e. The standard InChI is InChI=1S/C15H28N4O/c1-5-19-12(6-11-17-19)13(18-16)15(20-4)9-7-14(2,3)8-10-15/h6,11,13,18H,5,7-10,16H2,1-4H3. The van der Waals surface area contributed by atoms with E-state index in [1.54, 1.807) is 7.11 Å². The summed E-state index contributed by atoms with van der Waals surface area (Å²) in [5.74, 6) is 5.88. The van der Waals surface area contributed by atoms with Gasteiger partial charge < -0.3 is 4.74 Å². The lowest BCUT2D eigenvalue weighted by atomic mass is 9.68. The van der Waals surface area contributed by atoms with Crippen molar-refractivity contribution in [2.24, 2.45) is 11.3 Å². The zero-order valence-electron chi connectivity index (χ0n) is 13.1. The monoisotopic (exact) mass is 280 g/mol. The Morgan fingerprint density at radius 3 is 2.55 bits per heavy atom. The third kappa shape index (κ3) is 2.75. The predicted octanol–water partition coefficient (Wildman–Crippen LogP) is 2.39. The Kier molecular flexibility index (Phi) is 4.52. The van der Waals surface area contributed by atoms with Crippen molar-refractivity contribution in [1.82, 2.24) is 15.2 Å². The topological polar surface area (TPSA) is 65.1 Å². The van der Waals surface area contributed by atoms with Crippen molar-refractivity contribution < 1.29 is 4.74 Å². The Hall–Kier alpha value is -0.910. The quantitative estimate of drug-likeness (QED) is 0.642. The van der Waals surface area contributed by atoms with Crippen LogP contribution in [0, 0.1) is 5.41 Å². The highest BCUT2D eigenvalue weighted by molar-refractivity contribution is 5.14. The van der Waals surface area contributed by atoms with Gasteiger partial charge in [0, 0.05) is 19.9 Å². The van der Waals surface area contributed by atoms with E-state index < -0.39 is 0 Å². The van der Waals surface area contributed by atoms with Crippen molar-refractivity contribution in [2.45, 2.75) is 64.6 Å². The molecule has 0 radical (unpaired) electrons. The van der Waals surface area contributed by atoms with E-state index in [0.717, 1.165) is 37.9 Å². The van der Waals surface area contributed by atoms with Crippen LogP contribution in [0.15, 0.2) is 12.3 Å². The number of aryl methyl sites for hydroxylation is 1. The van der Waals surface area contributed by atoms with E-state index >= 15 is 0 Å². The van der Waals surface area contributed by atoms with Crippen LogP contribution in [0.4, 0.5) is 0 Å². The second-order valence-electron chi connectivity index (χ2n) is 6.60. The summed E-state index contributed by atoms with van der Waals surface area (Å²) in [6.07, 6.45) is 6.17. The molecule has 20 heavy (non-hydrogen) atoms. The molecule has 1 unspecified atom stereocenters. The van der Waals surface area contributed by atoms with Crippen molar-refractivity contribution in [3.8, 4) is 0 Å². The van der Waals surface area contributed by atoms with Crippen molar-refractivity contribution in [1.29, 1.82) is 0 Å². The molecule has 0 aliphatic heterocycles. The molecule has 0 amide bonds. The Balaban J connectivity index is 2.29. The molecule has 1 aromatic rings. The minimum absolute atomic E-state index is 0.0222. The summed E-state index contributed by atoms with van der Waals surface area (Å²) >= 11 is 0. The average Bonchev–Trinajstić information content (AvgIpc) is 2.90. The third-order valence-electron chi connectivity index (χ3n) is 4.89. The van der Waals surface area contributed by atoms with E-state index in [1.807, 2.05) is 16.9 Å². The van der Waals surface area contributed by atoms with Crippen LogP contribution in [0.25, 0.3) is 0 Å². The van der Waals surface area contributed by atoms with Crippen LogP contribution in [-0.2, 0) is 11.3 Å². The second-order valence-corrected chi connectivity index (χ2v) is 6.60. The number of rotatable bonds is 5. The number of nitrogens with zero attached hydrogens (tertiary/aromatic N) is 2. The maximum Gasteiger partial charge on any atom is 0.0918 e. The molecule has 0 spiro atoms. The maximum atomic E-state index is 5.96. The lowest BCUT2D eigenvalue weighted by molar-refractivity contribution is -0.0893. The van der Waals surface area contributed by atoms with E-state index in [4.69, 9.17) is 10.6 Å². The molecule has 0 aromatic carbocycles. The molecule has 1 fully saturated rings. The van der Waals surface area contributed by atoms with Crippen molar-refractivity contribution >= 4 is 0 Å². The fourth-order valence-electron chi connectivity index (χ4n) is 3.32. The average molecular weight is 280 g/mol. The van der Waals surface area contributed by atoms with E-state index in [1.165, 1.54) is 0 Å². The van der Waals surface area contributed by atoms with Crippen LogP contribution in [0.3, 0.4) is 0 Å². The Morgan fingerprint density at radius 1 is 1.40 bits per heavy atom. The van der Waals surface area contributed by atoms with Crippen LogP contribution < -0.4 is 11.3 Å². The number of hydrazine groups is 1. The van der Waals surface area contributed by atoms with E-state index in [9.17, 15) is 0 Å². The molecule has 0 bridgehead atoms. The van der Waals surface area contributed by atoms with Crippen LogP contribution >= 0.6 is 0 Å². The number of nitrogens with one attached hydrogen (secondary N) is 1. The second kappa shape index (κ2) is 5.84. The first kappa shape index (κ1) is 15.5. The smallest absolute Gasteiger partial charge is 0.0918 e. The number of ether oxygens (including phenoxy) is 1. The van der Waals surface area contributed by atoms with Crippen LogP contribution in [-0.4, -0.2) is 22.5 Å². The summed E-state index contributed by atoms with van der Waals surface area (Å²) in [5, 5.41) is 4.36. The fourth-order valence-corrected chi connectivity index (χ4v) is 3.32. The molecule has 1 saturated carbocycles. The summed E-state index contributed by atoms with van der Waals surface area (Å²) in [7, 11) is 1.80. The largest absolute Gasteiger partial charge is 0.376 e. The molecular formula is C15H28N4O. The third-order valence-corrected chi connectivity index (χ3v) is 4.89. The molecule has 5 heteroatoms. The molecule has 1 aromatic heterocycles. The zero-order chi connectivity index (χ0) is 14.8. The van der Waals surface area contributed by atoms with E-state index in [-0.39, 0.29) is 11.6 Å². The van der Waals surface area contributed by atoms with Gasteiger partial charge >= 0.3 is 0 Å². The molecule has 1 atom stereocenters. The SMILES string of the molecule is CCn1nccc1C(NN)C1(OC)CCC(C)(C)CC1. The molecule has 3 N–H and O–H groups in total. The molecule has 5 nitrogen and oxygen atoms in total. The number of hydrogen-bond donors (Lipinski definition) is 2. The van der Waals surface area contributed by atoms with Crippen LogP contribution in [0.1, 0.15) is 58.2 Å². The van der Waals surface area contributed by atoms with Gasteiger partial charge in [0.25, 0.3) is 0 Å². The van der Waals surface area contributed by atoms with Crippen molar-refractivity contribution in [3.05, 3.63) is 18.0 Å². The number of aromatic nitrogens is 2. The van der Waals surface area contributed by atoms with Gasteiger partial charge in [-0.1, -0.05) is 13.8 Å². The Labute approximate surface area is 121 Å². The molecule has 1 aliphatic rings. The van der Waals surface area contributed by atoms with Gasteiger partial charge in [0.2, 0.25) is 0 Å². The van der Waals surface area contributed by atoms with Gasteiger partial charge in [0.15, 0.2) is 0 Å². The molecule has 114 valence electrons. The van der Waals surface area contributed by atoms with Gasteiger partial charge in [-0.15, -0.1) is 0 Å². The fraction of sp³-hybridized carbons (Fsp3) is 0.800. The van der Waals surface area contributed by atoms with Gasteiger partial charge in [0.05, 0.1) is 17.3 Å². The highest BCUT2D eigenvalue weighted by Gasteiger charge is 2.45. The number of hydrogen-bond acceptors (Lipinski definition) is 4. The molecule has 1 aliphatic carbocycles. The van der Waals surface area contributed by atoms with Gasteiger partial charge in [-0.25, -0.2) is 5.43 Å². The molecule has 0 saturated heterocycles. The van der Waals surface area contributed by atoms with Crippen LogP contribution in [0.2, 0.25) is 0 Å². The van der Waals surface area contributed by atoms with Crippen molar-refractivity contribution in [2.75, 3.05) is 7.11 Å². The van der Waals surface area contributed by atoms with Crippen LogP contribution in [0.5, 0.6) is 0 Å². The van der Waals surface area contributed by atoms with E-state index in [2.05, 4.69) is 31.3 Å². The summed E-state index contributed by atoms with van der Waals surface area (Å²) in [6, 6.07) is 2.01. The number of nitrogens with two attached hydrogens (primary N) is 1. The first-order valence-electron chi connectivity index (χ1n) is 7.51. The van der Waals surface area contributed by atoms with Crippen molar-refractivity contribution in [3.63, 3.8) is 0 Å². The first-order valence-corrected chi connectivity index (χ1v) is 7.51. The van der Waals surface area contributed by atoms with E-state index in [0.29, 0.717) is 5.41 Å². The zero-order valence-corrected chi connectivity index (χ0v) is 13.1. The Morgan fingerprint density at radius 2 is 2.05 bits per heavy atom. The summed E-state index contributed by atoms with van der Waals surface area (Å²) in [4.78, 5) is 0. The van der Waals surface area contributed by atoms with Gasteiger partial charge in [0.1, 0.15) is 0 Å². The Bertz CT molecular complexity index is 431. The van der Waals surface area contributed by atoms with Gasteiger partial charge in [-0.05, 0) is 44.1 Å². The molecule has 1 heterocycles. The lowest BCUT2D eigenvalue weighted by Crippen LogP contribution is -2.51. The predicted molar refractivity (Wildman–Crippen MR) is 80.0 cm³/mol. The normalized spacial score (nSPS) is 22.6. The summed E-state index contributed by atoms with van der Waals surface area (Å²) in [5.41, 5.74) is 4.25. The first-order chi connectivity index (χ1) is 9.48. The highest BCUT2D eigenvalue weighted by atomic mass is 16.5. The van der Waals surface area contributed by atoms with Gasteiger partial charge in [-0.3, -0.25) is 10.5 Å². The lowest BCUT2D eigenvalue weighted by Gasteiger charge is -2.46.